The maximum Gasteiger partial charge on any atom is 0.326 e. The van der Waals surface area contributed by atoms with E-state index >= 15 is 0 Å². The third-order valence-corrected chi connectivity index (χ3v) is 3.56. The number of carboxylic acid groups (broad SMARTS) is 1. The molecule has 1 amide bonds. The van der Waals surface area contributed by atoms with Gasteiger partial charge in [-0.2, -0.15) is 0 Å². The zero-order chi connectivity index (χ0) is 13.5. The highest BCUT2D eigenvalue weighted by atomic mass is 32.1. The number of rotatable bonds is 6. The zero-order valence-corrected chi connectivity index (χ0v) is 11.2. The summed E-state index contributed by atoms with van der Waals surface area (Å²) in [6, 6.07) is 2.94. The summed E-state index contributed by atoms with van der Waals surface area (Å²) in [4.78, 5) is 23.6. The van der Waals surface area contributed by atoms with Crippen molar-refractivity contribution in [1.82, 2.24) is 5.32 Å². The van der Waals surface area contributed by atoms with Crippen LogP contribution in [0, 0.1) is 5.92 Å². The van der Waals surface area contributed by atoms with Gasteiger partial charge in [0.2, 0.25) is 5.91 Å². The maximum absolute atomic E-state index is 11.6. The first-order valence-corrected chi connectivity index (χ1v) is 6.67. The second-order valence-corrected chi connectivity index (χ2v) is 5.04. The van der Waals surface area contributed by atoms with E-state index in [1.165, 1.54) is 17.4 Å². The van der Waals surface area contributed by atoms with E-state index in [0.717, 1.165) is 4.88 Å². The standard InChI is InChI=1S/C13H17NO3S/c1-3-9(2)12(13(16)17)14-11(15)7-6-10-5-4-8-18-10/h4-9,12H,3H2,1-2H3,(H,14,15)(H,16,17)/b7-6+/t9-,12-/m0/s1. The van der Waals surface area contributed by atoms with Crippen molar-refractivity contribution in [2.75, 3.05) is 0 Å². The zero-order valence-electron chi connectivity index (χ0n) is 10.4. The topological polar surface area (TPSA) is 66.4 Å². The monoisotopic (exact) mass is 267 g/mol. The third kappa shape index (κ3) is 4.33. The van der Waals surface area contributed by atoms with Crippen LogP contribution in [0.4, 0.5) is 0 Å². The molecule has 0 aliphatic carbocycles. The van der Waals surface area contributed by atoms with Crippen LogP contribution >= 0.6 is 11.3 Å². The van der Waals surface area contributed by atoms with Gasteiger partial charge >= 0.3 is 5.97 Å². The summed E-state index contributed by atoms with van der Waals surface area (Å²) < 4.78 is 0. The summed E-state index contributed by atoms with van der Waals surface area (Å²) in [6.45, 7) is 3.70. The fourth-order valence-electron chi connectivity index (χ4n) is 1.43. The first-order valence-electron chi connectivity index (χ1n) is 5.79. The van der Waals surface area contributed by atoms with Crippen LogP contribution < -0.4 is 5.32 Å². The first kappa shape index (κ1) is 14.4. The minimum atomic E-state index is -0.998. The highest BCUT2D eigenvalue weighted by Crippen LogP contribution is 2.11. The van der Waals surface area contributed by atoms with Crippen molar-refractivity contribution in [3.63, 3.8) is 0 Å². The molecule has 0 aliphatic rings. The Balaban J connectivity index is 2.59. The molecule has 0 spiro atoms. The summed E-state index contributed by atoms with van der Waals surface area (Å²) >= 11 is 1.52. The molecule has 2 atom stereocenters. The van der Waals surface area contributed by atoms with Crippen LogP contribution in [0.3, 0.4) is 0 Å². The van der Waals surface area contributed by atoms with Crippen LogP contribution in [0.2, 0.25) is 0 Å². The first-order chi connectivity index (χ1) is 8.54. The number of thiophene rings is 1. The summed E-state index contributed by atoms with van der Waals surface area (Å²) in [5, 5.41) is 13.5. The van der Waals surface area contributed by atoms with Crippen molar-refractivity contribution in [1.29, 1.82) is 0 Å². The normalized spacial score (nSPS) is 14.3. The molecule has 2 N–H and O–H groups in total. The second kappa shape index (κ2) is 6.96. The van der Waals surface area contributed by atoms with E-state index in [0.29, 0.717) is 6.42 Å². The molecule has 1 aromatic heterocycles. The molecule has 1 heterocycles. The predicted octanol–water partition coefficient (Wildman–Crippen LogP) is 2.38. The van der Waals surface area contributed by atoms with Crippen LogP contribution in [0.15, 0.2) is 23.6 Å². The third-order valence-electron chi connectivity index (χ3n) is 2.72. The van der Waals surface area contributed by atoms with Crippen LogP contribution in [0.1, 0.15) is 25.1 Å². The van der Waals surface area contributed by atoms with Gasteiger partial charge in [-0.15, -0.1) is 11.3 Å². The Morgan fingerprint density at radius 1 is 1.56 bits per heavy atom. The molecule has 98 valence electrons. The van der Waals surface area contributed by atoms with Crippen LogP contribution in [0.25, 0.3) is 6.08 Å². The van der Waals surface area contributed by atoms with Crippen LogP contribution in [-0.2, 0) is 9.59 Å². The molecular weight excluding hydrogens is 250 g/mol. The SMILES string of the molecule is CC[C@H](C)[C@H](NC(=O)/C=C/c1cccs1)C(=O)O. The molecule has 0 saturated heterocycles. The highest BCUT2D eigenvalue weighted by Gasteiger charge is 2.24. The summed E-state index contributed by atoms with van der Waals surface area (Å²) in [6.07, 6.45) is 3.74. The lowest BCUT2D eigenvalue weighted by atomic mass is 9.99. The number of hydrogen-bond donors (Lipinski definition) is 2. The minimum Gasteiger partial charge on any atom is -0.480 e. The van der Waals surface area contributed by atoms with Gasteiger partial charge in [-0.25, -0.2) is 4.79 Å². The predicted molar refractivity (Wildman–Crippen MR) is 72.4 cm³/mol. The van der Waals surface area contributed by atoms with Crippen LogP contribution in [0.5, 0.6) is 0 Å². The Kier molecular flexibility index (Phi) is 5.58. The van der Waals surface area contributed by atoms with Gasteiger partial charge in [-0.1, -0.05) is 26.3 Å². The van der Waals surface area contributed by atoms with Gasteiger partial charge in [0, 0.05) is 11.0 Å². The largest absolute Gasteiger partial charge is 0.480 e. The Bertz CT molecular complexity index is 425. The molecular formula is C13H17NO3S. The van der Waals surface area contributed by atoms with Gasteiger partial charge < -0.3 is 10.4 Å². The molecule has 1 rings (SSSR count). The van der Waals surface area contributed by atoms with E-state index in [1.807, 2.05) is 31.4 Å². The molecule has 1 aromatic rings. The summed E-state index contributed by atoms with van der Waals surface area (Å²) in [5.41, 5.74) is 0. The van der Waals surface area contributed by atoms with Crippen molar-refractivity contribution >= 4 is 29.3 Å². The van der Waals surface area contributed by atoms with Gasteiger partial charge in [-0.05, 0) is 23.4 Å². The van der Waals surface area contributed by atoms with Gasteiger partial charge in [0.05, 0.1) is 0 Å². The molecule has 0 aliphatic heterocycles. The van der Waals surface area contributed by atoms with Gasteiger partial charge in [0.15, 0.2) is 0 Å². The van der Waals surface area contributed by atoms with E-state index in [2.05, 4.69) is 5.32 Å². The lowest BCUT2D eigenvalue weighted by Crippen LogP contribution is -2.44. The van der Waals surface area contributed by atoms with E-state index in [9.17, 15) is 9.59 Å². The van der Waals surface area contributed by atoms with E-state index in [4.69, 9.17) is 5.11 Å². The minimum absolute atomic E-state index is 0.0958. The fraction of sp³-hybridized carbons (Fsp3) is 0.385. The number of nitrogens with one attached hydrogen (secondary N) is 1. The number of aliphatic carboxylic acids is 1. The molecule has 0 unspecified atom stereocenters. The Labute approximate surface area is 110 Å². The van der Waals surface area contributed by atoms with E-state index in [-0.39, 0.29) is 11.8 Å². The quantitative estimate of drug-likeness (QED) is 0.778. The van der Waals surface area contributed by atoms with Gasteiger partial charge in [0.25, 0.3) is 0 Å². The lowest BCUT2D eigenvalue weighted by molar-refractivity contribution is -0.142. The molecule has 0 bridgehead atoms. The molecule has 18 heavy (non-hydrogen) atoms. The van der Waals surface area contributed by atoms with E-state index in [1.54, 1.807) is 6.08 Å². The van der Waals surface area contributed by atoms with Gasteiger partial charge in [0.1, 0.15) is 6.04 Å². The number of hydrogen-bond acceptors (Lipinski definition) is 3. The van der Waals surface area contributed by atoms with Crippen LogP contribution in [-0.4, -0.2) is 23.0 Å². The summed E-state index contributed by atoms with van der Waals surface area (Å²) in [7, 11) is 0. The second-order valence-electron chi connectivity index (χ2n) is 4.06. The molecule has 0 radical (unpaired) electrons. The van der Waals surface area contributed by atoms with Crippen molar-refractivity contribution in [2.24, 2.45) is 5.92 Å². The molecule has 0 saturated carbocycles. The Morgan fingerprint density at radius 3 is 2.78 bits per heavy atom. The lowest BCUT2D eigenvalue weighted by Gasteiger charge is -2.19. The van der Waals surface area contributed by atoms with Crippen molar-refractivity contribution < 1.29 is 14.7 Å². The number of carbonyl (C=O) groups excluding carboxylic acids is 1. The maximum atomic E-state index is 11.6. The fourth-order valence-corrected chi connectivity index (χ4v) is 2.05. The number of carbonyl (C=O) groups is 2. The molecule has 0 aromatic carbocycles. The number of amides is 1. The number of carboxylic acids is 1. The molecule has 4 nitrogen and oxygen atoms in total. The van der Waals surface area contributed by atoms with E-state index < -0.39 is 12.0 Å². The Morgan fingerprint density at radius 2 is 2.28 bits per heavy atom. The highest BCUT2D eigenvalue weighted by molar-refractivity contribution is 7.10. The molecule has 5 heteroatoms. The van der Waals surface area contributed by atoms with Crippen molar-refractivity contribution in [3.05, 3.63) is 28.5 Å². The average molecular weight is 267 g/mol. The van der Waals surface area contributed by atoms with Crippen molar-refractivity contribution in [2.45, 2.75) is 26.3 Å². The van der Waals surface area contributed by atoms with Crippen molar-refractivity contribution in [3.8, 4) is 0 Å². The Hall–Kier alpha value is -1.62. The smallest absolute Gasteiger partial charge is 0.326 e. The average Bonchev–Trinajstić information content (AvgIpc) is 2.85. The van der Waals surface area contributed by atoms with Gasteiger partial charge in [-0.3, -0.25) is 4.79 Å². The molecule has 0 fully saturated rings. The summed E-state index contributed by atoms with van der Waals surface area (Å²) in [5.74, 6) is -1.47.